The largest absolute Gasteiger partial charge is 0.382 e. The Kier molecular flexibility index (Phi) is 6.21. The van der Waals surface area contributed by atoms with Gasteiger partial charge in [-0.2, -0.15) is 0 Å². The second-order valence-corrected chi connectivity index (χ2v) is 5.44. The molecule has 1 fully saturated rings. The van der Waals surface area contributed by atoms with Crippen molar-refractivity contribution in [2.45, 2.75) is 32.7 Å². The summed E-state index contributed by atoms with van der Waals surface area (Å²) in [4.78, 5) is 11.0. The van der Waals surface area contributed by atoms with Gasteiger partial charge in [-0.05, 0) is 31.7 Å². The maximum Gasteiger partial charge on any atom is 0.222 e. The minimum Gasteiger partial charge on any atom is -0.382 e. The lowest BCUT2D eigenvalue weighted by Gasteiger charge is -2.37. The Morgan fingerprint density at radius 3 is 2.90 bits per heavy atom. The van der Waals surface area contributed by atoms with Crippen LogP contribution in [0.2, 0.25) is 0 Å². The van der Waals surface area contributed by atoms with Crippen LogP contribution in [0.1, 0.15) is 26.7 Å². The molecule has 0 bridgehead atoms. The number of hydrogen-bond acceptors (Lipinski definition) is 5. The minimum absolute atomic E-state index is 0.473. The molecule has 20 heavy (non-hydrogen) atoms. The zero-order chi connectivity index (χ0) is 14.2. The van der Waals surface area contributed by atoms with Crippen molar-refractivity contribution in [3.05, 3.63) is 18.5 Å². The molecule has 112 valence electrons. The molecule has 0 amide bonds. The van der Waals surface area contributed by atoms with Gasteiger partial charge < -0.3 is 15.0 Å². The van der Waals surface area contributed by atoms with Crippen LogP contribution in [-0.4, -0.2) is 53.8 Å². The maximum atomic E-state index is 5.40. The van der Waals surface area contributed by atoms with E-state index >= 15 is 0 Å². The van der Waals surface area contributed by atoms with E-state index in [1.54, 1.807) is 12.4 Å². The number of hydrogen-bond donors (Lipinski definition) is 1. The third-order valence-electron chi connectivity index (χ3n) is 3.84. The van der Waals surface area contributed by atoms with E-state index in [-0.39, 0.29) is 0 Å². The molecule has 1 aliphatic rings. The molecule has 1 aromatic heterocycles. The van der Waals surface area contributed by atoms with Gasteiger partial charge in [-0.15, -0.1) is 0 Å². The Hall–Kier alpha value is -1.20. The average Bonchev–Trinajstić information content (AvgIpc) is 2.47. The standard InChI is InChI=1S/C15H26N4O/c1-3-20-11-5-9-19-10-6-14(13(2)12-19)18-15-16-7-4-8-17-15/h4,7-8,13-14H,3,5-6,9-12H2,1-2H3,(H,16,17,18). The zero-order valence-corrected chi connectivity index (χ0v) is 12.6. The molecular weight excluding hydrogens is 252 g/mol. The Morgan fingerprint density at radius 2 is 2.20 bits per heavy atom. The van der Waals surface area contributed by atoms with Gasteiger partial charge in [0, 0.05) is 51.3 Å². The van der Waals surface area contributed by atoms with Gasteiger partial charge in [0.25, 0.3) is 0 Å². The highest BCUT2D eigenvalue weighted by Gasteiger charge is 2.26. The van der Waals surface area contributed by atoms with Gasteiger partial charge in [-0.25, -0.2) is 9.97 Å². The van der Waals surface area contributed by atoms with E-state index in [1.807, 2.05) is 13.0 Å². The Labute approximate surface area is 121 Å². The van der Waals surface area contributed by atoms with E-state index in [9.17, 15) is 0 Å². The first-order chi connectivity index (χ1) is 9.79. The van der Waals surface area contributed by atoms with E-state index in [0.29, 0.717) is 12.0 Å². The van der Waals surface area contributed by atoms with Crippen LogP contribution in [0.25, 0.3) is 0 Å². The number of likely N-dealkylation sites (tertiary alicyclic amines) is 1. The molecule has 1 aliphatic heterocycles. The first-order valence-electron chi connectivity index (χ1n) is 7.63. The van der Waals surface area contributed by atoms with E-state index in [0.717, 1.165) is 51.6 Å². The fourth-order valence-electron chi connectivity index (χ4n) is 2.72. The van der Waals surface area contributed by atoms with Crippen molar-refractivity contribution >= 4 is 5.95 Å². The number of anilines is 1. The second-order valence-electron chi connectivity index (χ2n) is 5.44. The summed E-state index contributed by atoms with van der Waals surface area (Å²) in [6.45, 7) is 9.46. The van der Waals surface area contributed by atoms with Gasteiger partial charge in [0.2, 0.25) is 5.95 Å². The maximum absolute atomic E-state index is 5.40. The minimum atomic E-state index is 0.473. The third-order valence-corrected chi connectivity index (χ3v) is 3.84. The summed E-state index contributed by atoms with van der Waals surface area (Å²) < 4.78 is 5.40. The lowest BCUT2D eigenvalue weighted by molar-refractivity contribution is 0.116. The summed E-state index contributed by atoms with van der Waals surface area (Å²) in [5, 5.41) is 3.45. The summed E-state index contributed by atoms with van der Waals surface area (Å²) in [6, 6.07) is 2.32. The summed E-state index contributed by atoms with van der Waals surface area (Å²) in [6.07, 6.45) is 5.83. The van der Waals surface area contributed by atoms with Gasteiger partial charge in [-0.1, -0.05) is 6.92 Å². The molecule has 5 heteroatoms. The molecule has 0 saturated carbocycles. The van der Waals surface area contributed by atoms with Crippen molar-refractivity contribution in [1.82, 2.24) is 14.9 Å². The lowest BCUT2D eigenvalue weighted by Crippen LogP contribution is -2.45. The molecule has 2 rings (SSSR count). The fraction of sp³-hybridized carbons (Fsp3) is 0.733. The van der Waals surface area contributed by atoms with Crippen molar-refractivity contribution in [3.63, 3.8) is 0 Å². The number of nitrogens with zero attached hydrogens (tertiary/aromatic N) is 3. The highest BCUT2D eigenvalue weighted by atomic mass is 16.5. The van der Waals surface area contributed by atoms with Crippen LogP contribution in [0.3, 0.4) is 0 Å². The zero-order valence-electron chi connectivity index (χ0n) is 12.6. The topological polar surface area (TPSA) is 50.3 Å². The first-order valence-corrected chi connectivity index (χ1v) is 7.63. The van der Waals surface area contributed by atoms with Crippen molar-refractivity contribution in [2.75, 3.05) is 38.2 Å². The highest BCUT2D eigenvalue weighted by molar-refractivity contribution is 5.24. The normalized spacial score (nSPS) is 23.7. The molecule has 2 unspecified atom stereocenters. The number of aromatic nitrogens is 2. The highest BCUT2D eigenvalue weighted by Crippen LogP contribution is 2.19. The van der Waals surface area contributed by atoms with Crippen molar-refractivity contribution in [2.24, 2.45) is 5.92 Å². The number of ether oxygens (including phenoxy) is 1. The fourth-order valence-corrected chi connectivity index (χ4v) is 2.72. The predicted molar refractivity (Wildman–Crippen MR) is 80.8 cm³/mol. The van der Waals surface area contributed by atoms with E-state index in [2.05, 4.69) is 27.1 Å². The van der Waals surface area contributed by atoms with Gasteiger partial charge in [0.05, 0.1) is 0 Å². The molecule has 0 spiro atoms. The summed E-state index contributed by atoms with van der Waals surface area (Å²) in [5.74, 6) is 1.36. The Morgan fingerprint density at radius 1 is 1.40 bits per heavy atom. The number of nitrogens with one attached hydrogen (secondary N) is 1. The molecule has 0 aromatic carbocycles. The van der Waals surface area contributed by atoms with Crippen LogP contribution < -0.4 is 5.32 Å². The lowest BCUT2D eigenvalue weighted by atomic mass is 9.94. The predicted octanol–water partition coefficient (Wildman–Crippen LogP) is 2.03. The van der Waals surface area contributed by atoms with Gasteiger partial charge in [-0.3, -0.25) is 0 Å². The number of rotatable bonds is 7. The van der Waals surface area contributed by atoms with Crippen molar-refractivity contribution in [1.29, 1.82) is 0 Å². The summed E-state index contributed by atoms with van der Waals surface area (Å²) in [5.41, 5.74) is 0. The van der Waals surface area contributed by atoms with Crippen LogP contribution in [0, 0.1) is 5.92 Å². The van der Waals surface area contributed by atoms with Crippen molar-refractivity contribution < 1.29 is 4.74 Å². The molecule has 1 N–H and O–H groups in total. The van der Waals surface area contributed by atoms with Crippen LogP contribution in [-0.2, 0) is 4.74 Å². The third kappa shape index (κ3) is 4.72. The van der Waals surface area contributed by atoms with E-state index in [4.69, 9.17) is 4.74 Å². The molecule has 2 atom stereocenters. The number of piperidine rings is 1. The average molecular weight is 278 g/mol. The van der Waals surface area contributed by atoms with Crippen LogP contribution in [0.15, 0.2) is 18.5 Å². The quantitative estimate of drug-likeness (QED) is 0.773. The molecule has 0 radical (unpaired) electrons. The first kappa shape index (κ1) is 15.2. The smallest absolute Gasteiger partial charge is 0.222 e. The molecule has 5 nitrogen and oxygen atoms in total. The Balaban J connectivity index is 1.72. The van der Waals surface area contributed by atoms with Crippen LogP contribution in [0.5, 0.6) is 0 Å². The second kappa shape index (κ2) is 8.17. The van der Waals surface area contributed by atoms with Crippen LogP contribution >= 0.6 is 0 Å². The molecule has 1 saturated heterocycles. The van der Waals surface area contributed by atoms with Crippen molar-refractivity contribution in [3.8, 4) is 0 Å². The molecule has 1 aromatic rings. The van der Waals surface area contributed by atoms with Gasteiger partial charge in [0.1, 0.15) is 0 Å². The molecule has 2 heterocycles. The summed E-state index contributed by atoms with van der Waals surface area (Å²) >= 11 is 0. The summed E-state index contributed by atoms with van der Waals surface area (Å²) in [7, 11) is 0. The van der Waals surface area contributed by atoms with Crippen LogP contribution in [0.4, 0.5) is 5.95 Å². The monoisotopic (exact) mass is 278 g/mol. The van der Waals surface area contributed by atoms with E-state index in [1.165, 1.54) is 0 Å². The van der Waals surface area contributed by atoms with Gasteiger partial charge in [0.15, 0.2) is 0 Å². The SMILES string of the molecule is CCOCCCN1CCC(Nc2ncccn2)C(C)C1. The molecular formula is C15H26N4O. The molecule has 0 aliphatic carbocycles. The Bertz CT molecular complexity index is 373. The van der Waals surface area contributed by atoms with Gasteiger partial charge >= 0.3 is 0 Å². The van der Waals surface area contributed by atoms with E-state index < -0.39 is 0 Å².